The number of nitrogens with one attached hydrogen (secondary N) is 1. The number of benzene rings is 1. The van der Waals surface area contributed by atoms with Gasteiger partial charge in [-0.3, -0.25) is 14.4 Å². The van der Waals surface area contributed by atoms with Crippen molar-refractivity contribution in [3.8, 4) is 0 Å². The maximum Gasteiger partial charge on any atom is 0.224 e. The van der Waals surface area contributed by atoms with Gasteiger partial charge in [0.05, 0.1) is 0 Å². The standard InChI is InChI=1S/C19H25N3O3/c1-14(23)21-9-11-22(12-10-21)18(24)7-8-20-19(25)17-13-16(17)15-5-3-2-4-6-15/h2-6,16-17H,7-13H2,1H3,(H,20,25). The molecule has 6 nitrogen and oxygen atoms in total. The third kappa shape index (κ3) is 4.38. The first-order valence-electron chi connectivity index (χ1n) is 8.92. The molecule has 2 fully saturated rings. The van der Waals surface area contributed by atoms with Crippen LogP contribution in [0.1, 0.15) is 31.2 Å². The van der Waals surface area contributed by atoms with E-state index in [1.807, 2.05) is 18.2 Å². The molecule has 0 radical (unpaired) electrons. The van der Waals surface area contributed by atoms with Crippen LogP contribution < -0.4 is 5.32 Å². The van der Waals surface area contributed by atoms with Crippen molar-refractivity contribution in [2.45, 2.75) is 25.7 Å². The summed E-state index contributed by atoms with van der Waals surface area (Å²) in [6.07, 6.45) is 1.20. The highest BCUT2D eigenvalue weighted by Gasteiger charge is 2.43. The molecule has 1 N–H and O–H groups in total. The SMILES string of the molecule is CC(=O)N1CCN(C(=O)CCNC(=O)C2CC2c2ccccc2)CC1. The lowest BCUT2D eigenvalue weighted by atomic mass is 10.1. The normalized spacial score (nSPS) is 22.4. The van der Waals surface area contributed by atoms with Crippen molar-refractivity contribution in [3.63, 3.8) is 0 Å². The first-order valence-corrected chi connectivity index (χ1v) is 8.92. The number of carbonyl (C=O) groups excluding carboxylic acids is 3. The average molecular weight is 343 g/mol. The van der Waals surface area contributed by atoms with Gasteiger partial charge in [0, 0.05) is 52.0 Å². The van der Waals surface area contributed by atoms with E-state index in [2.05, 4.69) is 17.4 Å². The van der Waals surface area contributed by atoms with Gasteiger partial charge >= 0.3 is 0 Å². The van der Waals surface area contributed by atoms with Crippen LogP contribution >= 0.6 is 0 Å². The lowest BCUT2D eigenvalue weighted by Crippen LogP contribution is -2.50. The van der Waals surface area contributed by atoms with Crippen LogP contribution in [0.4, 0.5) is 0 Å². The molecule has 1 aliphatic heterocycles. The van der Waals surface area contributed by atoms with E-state index in [4.69, 9.17) is 0 Å². The summed E-state index contributed by atoms with van der Waals surface area (Å²) in [4.78, 5) is 39.2. The summed E-state index contributed by atoms with van der Waals surface area (Å²) in [6, 6.07) is 10.1. The maximum atomic E-state index is 12.2. The summed E-state index contributed by atoms with van der Waals surface area (Å²) in [5.74, 6) is 0.492. The van der Waals surface area contributed by atoms with Gasteiger partial charge in [0.2, 0.25) is 17.7 Å². The number of carbonyl (C=O) groups is 3. The second-order valence-corrected chi connectivity index (χ2v) is 6.79. The van der Waals surface area contributed by atoms with Crippen molar-refractivity contribution in [3.05, 3.63) is 35.9 Å². The Kier molecular flexibility index (Phi) is 5.36. The second kappa shape index (κ2) is 7.68. The van der Waals surface area contributed by atoms with Gasteiger partial charge in [-0.25, -0.2) is 0 Å². The van der Waals surface area contributed by atoms with Crippen molar-refractivity contribution in [2.75, 3.05) is 32.7 Å². The predicted octanol–water partition coefficient (Wildman–Crippen LogP) is 0.987. The van der Waals surface area contributed by atoms with Gasteiger partial charge in [0.1, 0.15) is 0 Å². The van der Waals surface area contributed by atoms with Gasteiger partial charge in [-0.15, -0.1) is 0 Å². The van der Waals surface area contributed by atoms with Crippen LogP contribution in [0.3, 0.4) is 0 Å². The van der Waals surface area contributed by atoms with E-state index in [1.54, 1.807) is 16.7 Å². The first kappa shape index (κ1) is 17.5. The number of hydrogen-bond donors (Lipinski definition) is 1. The highest BCUT2D eigenvalue weighted by molar-refractivity contribution is 5.84. The first-order chi connectivity index (χ1) is 12.1. The van der Waals surface area contributed by atoms with Gasteiger partial charge in [-0.1, -0.05) is 30.3 Å². The summed E-state index contributed by atoms with van der Waals surface area (Å²) in [6.45, 7) is 4.26. The lowest BCUT2D eigenvalue weighted by molar-refractivity contribution is -0.138. The molecule has 2 unspecified atom stereocenters. The third-order valence-corrected chi connectivity index (χ3v) is 5.07. The zero-order valence-corrected chi connectivity index (χ0v) is 14.6. The van der Waals surface area contributed by atoms with Gasteiger partial charge in [-0.05, 0) is 17.9 Å². The van der Waals surface area contributed by atoms with Crippen LogP contribution in [-0.2, 0) is 14.4 Å². The molecule has 6 heteroatoms. The Morgan fingerprint density at radius 1 is 1.04 bits per heavy atom. The Balaban J connectivity index is 1.35. The molecule has 2 atom stereocenters. The minimum absolute atomic E-state index is 0.0385. The smallest absolute Gasteiger partial charge is 0.224 e. The van der Waals surface area contributed by atoms with Crippen molar-refractivity contribution in [1.29, 1.82) is 0 Å². The summed E-state index contributed by atoms with van der Waals surface area (Å²) in [5.41, 5.74) is 1.21. The van der Waals surface area contributed by atoms with Crippen molar-refractivity contribution >= 4 is 17.7 Å². The van der Waals surface area contributed by atoms with Crippen molar-refractivity contribution < 1.29 is 14.4 Å². The Labute approximate surface area is 148 Å². The molecule has 25 heavy (non-hydrogen) atoms. The van der Waals surface area contributed by atoms with Crippen LogP contribution in [-0.4, -0.2) is 60.2 Å². The van der Waals surface area contributed by atoms with Gasteiger partial charge in [0.15, 0.2) is 0 Å². The van der Waals surface area contributed by atoms with E-state index in [9.17, 15) is 14.4 Å². The molecule has 3 rings (SSSR count). The quantitative estimate of drug-likeness (QED) is 0.867. The molecule has 1 aromatic carbocycles. The van der Waals surface area contributed by atoms with Crippen LogP contribution in [0.5, 0.6) is 0 Å². The van der Waals surface area contributed by atoms with Gasteiger partial charge < -0.3 is 15.1 Å². The third-order valence-electron chi connectivity index (χ3n) is 5.07. The summed E-state index contributed by atoms with van der Waals surface area (Å²) >= 11 is 0. The number of nitrogens with zero attached hydrogens (tertiary/aromatic N) is 2. The second-order valence-electron chi connectivity index (χ2n) is 6.79. The number of hydrogen-bond acceptors (Lipinski definition) is 3. The molecule has 1 saturated carbocycles. The van der Waals surface area contributed by atoms with E-state index < -0.39 is 0 Å². The van der Waals surface area contributed by atoms with Gasteiger partial charge in [0.25, 0.3) is 0 Å². The zero-order chi connectivity index (χ0) is 17.8. The number of amides is 3. The molecule has 134 valence electrons. The van der Waals surface area contributed by atoms with Crippen LogP contribution in [0.2, 0.25) is 0 Å². The van der Waals surface area contributed by atoms with Crippen molar-refractivity contribution in [1.82, 2.24) is 15.1 Å². The average Bonchev–Trinajstić information content (AvgIpc) is 3.43. The molecule has 3 amide bonds. The molecular formula is C19H25N3O3. The number of rotatable bonds is 5. The fourth-order valence-corrected chi connectivity index (χ4v) is 3.41. The Morgan fingerprint density at radius 3 is 2.32 bits per heavy atom. The molecule has 2 aliphatic rings. The molecule has 1 aromatic rings. The molecular weight excluding hydrogens is 318 g/mol. The zero-order valence-electron chi connectivity index (χ0n) is 14.6. The van der Waals surface area contributed by atoms with E-state index in [1.165, 1.54) is 5.56 Å². The topological polar surface area (TPSA) is 69.7 Å². The Bertz CT molecular complexity index is 639. The summed E-state index contributed by atoms with van der Waals surface area (Å²) < 4.78 is 0. The maximum absolute atomic E-state index is 12.2. The van der Waals surface area contributed by atoms with E-state index in [0.717, 1.165) is 6.42 Å². The molecule has 0 spiro atoms. The number of piperazine rings is 1. The Morgan fingerprint density at radius 2 is 1.68 bits per heavy atom. The fraction of sp³-hybridized carbons (Fsp3) is 0.526. The van der Waals surface area contributed by atoms with Crippen LogP contribution in [0, 0.1) is 5.92 Å². The molecule has 1 heterocycles. The monoisotopic (exact) mass is 343 g/mol. The molecule has 0 aromatic heterocycles. The summed E-state index contributed by atoms with van der Waals surface area (Å²) in [7, 11) is 0. The predicted molar refractivity (Wildman–Crippen MR) is 93.8 cm³/mol. The minimum Gasteiger partial charge on any atom is -0.355 e. The molecule has 1 saturated heterocycles. The largest absolute Gasteiger partial charge is 0.355 e. The van der Waals surface area contributed by atoms with E-state index in [-0.39, 0.29) is 23.6 Å². The fourth-order valence-electron chi connectivity index (χ4n) is 3.41. The highest BCUT2D eigenvalue weighted by atomic mass is 16.2. The van der Waals surface area contributed by atoms with Crippen molar-refractivity contribution in [2.24, 2.45) is 5.92 Å². The van der Waals surface area contributed by atoms with E-state index in [0.29, 0.717) is 45.1 Å². The van der Waals surface area contributed by atoms with Crippen LogP contribution in [0.25, 0.3) is 0 Å². The van der Waals surface area contributed by atoms with Gasteiger partial charge in [-0.2, -0.15) is 0 Å². The van der Waals surface area contributed by atoms with Crippen LogP contribution in [0.15, 0.2) is 30.3 Å². The molecule has 0 bridgehead atoms. The highest BCUT2D eigenvalue weighted by Crippen LogP contribution is 2.47. The minimum atomic E-state index is 0.0385. The Hall–Kier alpha value is -2.37. The van der Waals surface area contributed by atoms with E-state index >= 15 is 0 Å². The summed E-state index contributed by atoms with van der Waals surface area (Å²) in [5, 5.41) is 2.89. The molecule has 1 aliphatic carbocycles. The lowest BCUT2D eigenvalue weighted by Gasteiger charge is -2.34.